The molecule has 1 atom stereocenters. The molecule has 0 aliphatic heterocycles. The van der Waals surface area contributed by atoms with Crippen LogP contribution in [0.5, 0.6) is 0 Å². The minimum Gasteiger partial charge on any atom is -0.361 e. The second kappa shape index (κ2) is 5.19. The number of para-hydroxylation sites is 1. The van der Waals surface area contributed by atoms with E-state index < -0.39 is 0 Å². The summed E-state index contributed by atoms with van der Waals surface area (Å²) < 4.78 is 0. The number of hydrogen-bond donors (Lipinski definition) is 2. The molecular formula is C12H17ClN2. The van der Waals surface area contributed by atoms with Crippen LogP contribution in [0.15, 0.2) is 30.5 Å². The van der Waals surface area contributed by atoms with Crippen LogP contribution in [0.1, 0.15) is 18.9 Å². The average molecular weight is 225 g/mol. The predicted octanol–water partition coefficient (Wildman–Crippen LogP) is 2.87. The minimum atomic E-state index is 0. The third-order valence-corrected chi connectivity index (χ3v) is 2.68. The Labute approximate surface area is 96.3 Å². The molecule has 0 aliphatic carbocycles. The van der Waals surface area contributed by atoms with Gasteiger partial charge in [-0.2, -0.15) is 0 Å². The summed E-state index contributed by atoms with van der Waals surface area (Å²) in [4.78, 5) is 3.26. The molecule has 1 aromatic heterocycles. The van der Waals surface area contributed by atoms with E-state index in [4.69, 9.17) is 5.73 Å². The molecule has 0 saturated heterocycles. The number of hydrogen-bond acceptors (Lipinski definition) is 1. The molecule has 0 spiro atoms. The van der Waals surface area contributed by atoms with Gasteiger partial charge in [0.25, 0.3) is 0 Å². The maximum Gasteiger partial charge on any atom is 0.0456 e. The van der Waals surface area contributed by atoms with Gasteiger partial charge in [0.15, 0.2) is 0 Å². The van der Waals surface area contributed by atoms with Crippen molar-refractivity contribution in [3.8, 4) is 0 Å². The number of benzene rings is 1. The molecule has 1 aromatic carbocycles. The lowest BCUT2D eigenvalue weighted by atomic mass is 10.0. The number of halogens is 1. The molecule has 0 radical (unpaired) electrons. The van der Waals surface area contributed by atoms with Crippen molar-refractivity contribution in [2.45, 2.75) is 25.8 Å². The predicted molar refractivity (Wildman–Crippen MR) is 67.5 cm³/mol. The molecule has 15 heavy (non-hydrogen) atoms. The topological polar surface area (TPSA) is 41.8 Å². The zero-order valence-corrected chi connectivity index (χ0v) is 9.68. The van der Waals surface area contributed by atoms with E-state index in [0.717, 1.165) is 12.8 Å². The molecular weight excluding hydrogens is 208 g/mol. The van der Waals surface area contributed by atoms with E-state index in [1.807, 2.05) is 6.07 Å². The molecule has 0 amide bonds. The molecule has 2 nitrogen and oxygen atoms in total. The van der Waals surface area contributed by atoms with Crippen molar-refractivity contribution in [3.63, 3.8) is 0 Å². The maximum atomic E-state index is 5.94. The summed E-state index contributed by atoms with van der Waals surface area (Å²) >= 11 is 0. The lowest BCUT2D eigenvalue weighted by Crippen LogP contribution is -2.21. The number of nitrogens with one attached hydrogen (secondary N) is 1. The Morgan fingerprint density at radius 1 is 1.33 bits per heavy atom. The number of aromatic nitrogens is 1. The SMILES string of the molecule is CC[C@@H](N)Cc1c[nH]c2ccccc12.Cl. The van der Waals surface area contributed by atoms with Gasteiger partial charge in [0.2, 0.25) is 0 Å². The molecule has 0 fully saturated rings. The first-order chi connectivity index (χ1) is 6.81. The number of nitrogens with two attached hydrogens (primary N) is 1. The number of H-pyrrole nitrogens is 1. The smallest absolute Gasteiger partial charge is 0.0456 e. The Balaban J connectivity index is 0.00000112. The standard InChI is InChI=1S/C12H16N2.ClH/c1-2-10(13)7-9-8-14-12-6-4-3-5-11(9)12;/h3-6,8,10,14H,2,7,13H2,1H3;1H/t10-;/m1./s1. The van der Waals surface area contributed by atoms with Crippen LogP contribution in [-0.4, -0.2) is 11.0 Å². The Kier molecular flexibility index (Phi) is 4.18. The van der Waals surface area contributed by atoms with E-state index in [9.17, 15) is 0 Å². The van der Waals surface area contributed by atoms with Crippen molar-refractivity contribution in [3.05, 3.63) is 36.0 Å². The summed E-state index contributed by atoms with van der Waals surface area (Å²) in [7, 11) is 0. The molecule has 2 aromatic rings. The fourth-order valence-corrected chi connectivity index (χ4v) is 1.73. The minimum absolute atomic E-state index is 0. The summed E-state index contributed by atoms with van der Waals surface area (Å²) in [6.07, 6.45) is 4.06. The highest BCUT2D eigenvalue weighted by Crippen LogP contribution is 2.18. The first-order valence-corrected chi connectivity index (χ1v) is 5.12. The van der Waals surface area contributed by atoms with Crippen LogP contribution >= 0.6 is 12.4 Å². The van der Waals surface area contributed by atoms with Gasteiger partial charge in [0.05, 0.1) is 0 Å². The van der Waals surface area contributed by atoms with E-state index in [1.54, 1.807) is 0 Å². The summed E-state index contributed by atoms with van der Waals surface area (Å²) in [6.45, 7) is 2.12. The number of fused-ring (bicyclic) bond motifs is 1. The monoisotopic (exact) mass is 224 g/mol. The van der Waals surface area contributed by atoms with Gasteiger partial charge >= 0.3 is 0 Å². The van der Waals surface area contributed by atoms with E-state index in [0.29, 0.717) is 0 Å². The van der Waals surface area contributed by atoms with Gasteiger partial charge in [-0.15, -0.1) is 12.4 Å². The van der Waals surface area contributed by atoms with E-state index >= 15 is 0 Å². The third-order valence-electron chi connectivity index (χ3n) is 2.68. The van der Waals surface area contributed by atoms with Crippen molar-refractivity contribution < 1.29 is 0 Å². The fourth-order valence-electron chi connectivity index (χ4n) is 1.73. The van der Waals surface area contributed by atoms with Crippen LogP contribution in [0.2, 0.25) is 0 Å². The van der Waals surface area contributed by atoms with E-state index in [1.165, 1.54) is 16.5 Å². The van der Waals surface area contributed by atoms with Gasteiger partial charge in [0.1, 0.15) is 0 Å². The lowest BCUT2D eigenvalue weighted by molar-refractivity contribution is 0.648. The van der Waals surface area contributed by atoms with Gasteiger partial charge in [-0.25, -0.2) is 0 Å². The highest BCUT2D eigenvalue weighted by Gasteiger charge is 2.06. The summed E-state index contributed by atoms with van der Waals surface area (Å²) in [5.74, 6) is 0. The lowest BCUT2D eigenvalue weighted by Gasteiger charge is -2.06. The molecule has 1 heterocycles. The summed E-state index contributed by atoms with van der Waals surface area (Å²) in [5.41, 5.74) is 8.47. The maximum absolute atomic E-state index is 5.94. The zero-order chi connectivity index (χ0) is 9.97. The second-order valence-corrected chi connectivity index (χ2v) is 3.73. The van der Waals surface area contributed by atoms with Crippen LogP contribution in [-0.2, 0) is 6.42 Å². The molecule has 3 N–H and O–H groups in total. The molecule has 2 rings (SSSR count). The van der Waals surface area contributed by atoms with Crippen LogP contribution in [0.25, 0.3) is 10.9 Å². The van der Waals surface area contributed by atoms with Gasteiger partial charge in [-0.1, -0.05) is 25.1 Å². The van der Waals surface area contributed by atoms with Crippen LogP contribution < -0.4 is 5.73 Å². The second-order valence-electron chi connectivity index (χ2n) is 3.73. The number of aromatic amines is 1. The quantitative estimate of drug-likeness (QED) is 0.827. The van der Waals surface area contributed by atoms with Crippen molar-refractivity contribution in [2.24, 2.45) is 5.73 Å². The Bertz CT molecular complexity index is 422. The molecule has 82 valence electrons. The first-order valence-electron chi connectivity index (χ1n) is 5.12. The molecule has 0 bridgehead atoms. The van der Waals surface area contributed by atoms with Gasteiger partial charge in [0, 0.05) is 23.1 Å². The Hall–Kier alpha value is -0.990. The van der Waals surface area contributed by atoms with Crippen LogP contribution in [0, 0.1) is 0 Å². The fraction of sp³-hybridized carbons (Fsp3) is 0.333. The van der Waals surface area contributed by atoms with Crippen LogP contribution in [0.4, 0.5) is 0 Å². The van der Waals surface area contributed by atoms with Crippen LogP contribution in [0.3, 0.4) is 0 Å². The van der Waals surface area contributed by atoms with E-state index in [-0.39, 0.29) is 18.4 Å². The molecule has 0 aliphatic rings. The summed E-state index contributed by atoms with van der Waals surface area (Å²) in [5, 5.41) is 1.30. The number of rotatable bonds is 3. The van der Waals surface area contributed by atoms with Crippen molar-refractivity contribution in [1.29, 1.82) is 0 Å². The van der Waals surface area contributed by atoms with Crippen molar-refractivity contribution >= 4 is 23.3 Å². The molecule has 0 saturated carbocycles. The largest absolute Gasteiger partial charge is 0.361 e. The van der Waals surface area contributed by atoms with Crippen molar-refractivity contribution in [2.75, 3.05) is 0 Å². The Morgan fingerprint density at radius 3 is 2.80 bits per heavy atom. The van der Waals surface area contributed by atoms with Gasteiger partial charge in [-0.3, -0.25) is 0 Å². The highest BCUT2D eigenvalue weighted by molar-refractivity contribution is 5.85. The molecule has 3 heteroatoms. The van der Waals surface area contributed by atoms with Gasteiger partial charge < -0.3 is 10.7 Å². The Morgan fingerprint density at radius 2 is 2.07 bits per heavy atom. The normalized spacial score (nSPS) is 12.4. The van der Waals surface area contributed by atoms with Crippen molar-refractivity contribution in [1.82, 2.24) is 4.98 Å². The van der Waals surface area contributed by atoms with Gasteiger partial charge in [-0.05, 0) is 24.5 Å². The summed E-state index contributed by atoms with van der Waals surface area (Å²) in [6, 6.07) is 8.62. The zero-order valence-electron chi connectivity index (χ0n) is 8.86. The first kappa shape index (κ1) is 12.1. The highest BCUT2D eigenvalue weighted by atomic mass is 35.5. The average Bonchev–Trinajstić information content (AvgIpc) is 2.62. The van der Waals surface area contributed by atoms with E-state index in [2.05, 4.69) is 36.3 Å². The third kappa shape index (κ3) is 2.52. The molecule has 0 unspecified atom stereocenters.